The summed E-state index contributed by atoms with van der Waals surface area (Å²) in [5, 5.41) is 1.86. The maximum absolute atomic E-state index is 5.12. The molecule has 0 bridgehead atoms. The van der Waals surface area contributed by atoms with Crippen molar-refractivity contribution in [1.82, 2.24) is 9.97 Å². The third kappa shape index (κ3) is 6.62. The van der Waals surface area contributed by atoms with Crippen LogP contribution in [0.25, 0.3) is 53.8 Å². The van der Waals surface area contributed by atoms with Crippen LogP contribution in [0.4, 0.5) is 33.0 Å². The molecule has 0 spiro atoms. The molecule has 0 radical (unpaired) electrons. The lowest BCUT2D eigenvalue weighted by molar-refractivity contribution is 1.25. The van der Waals surface area contributed by atoms with Gasteiger partial charge >= 0.3 is 0 Å². The summed E-state index contributed by atoms with van der Waals surface area (Å²) in [5.41, 5.74) is 13.3. The molecule has 0 atom stereocenters. The van der Waals surface area contributed by atoms with E-state index in [-0.39, 0.29) is 0 Å². The van der Waals surface area contributed by atoms with Gasteiger partial charge in [0.15, 0.2) is 10.3 Å². The molecule has 0 N–H and O–H groups in total. The number of fused-ring (bicyclic) bond motifs is 2. The van der Waals surface area contributed by atoms with E-state index in [1.165, 1.54) is 22.3 Å². The van der Waals surface area contributed by atoms with Crippen molar-refractivity contribution < 1.29 is 0 Å². The molecule has 2 aromatic heterocycles. The summed E-state index contributed by atoms with van der Waals surface area (Å²) >= 11 is 3.42. The highest BCUT2D eigenvalue weighted by molar-refractivity contribution is 7.22. The van der Waals surface area contributed by atoms with Crippen molar-refractivity contribution in [2.45, 2.75) is 0 Å². The molecule has 56 heavy (non-hydrogen) atoms. The third-order valence-corrected chi connectivity index (χ3v) is 12.0. The van der Waals surface area contributed by atoms with Crippen molar-refractivity contribution in [2.24, 2.45) is 0 Å². The van der Waals surface area contributed by atoms with Crippen molar-refractivity contribution in [3.8, 4) is 33.4 Å². The van der Waals surface area contributed by atoms with Gasteiger partial charge in [0.05, 0.1) is 20.4 Å². The Balaban J connectivity index is 0.960. The Bertz CT molecular complexity index is 2690. The predicted molar refractivity (Wildman–Crippen MR) is 238 cm³/mol. The van der Waals surface area contributed by atoms with E-state index in [0.29, 0.717) is 0 Å². The summed E-state index contributed by atoms with van der Waals surface area (Å²) in [5.74, 6) is 0. The minimum Gasteiger partial charge on any atom is -0.286 e. The fourth-order valence-electron chi connectivity index (χ4n) is 7.14. The van der Waals surface area contributed by atoms with E-state index in [2.05, 4.69) is 216 Å². The summed E-state index contributed by atoms with van der Waals surface area (Å²) in [6, 6.07) is 72.7. The lowest BCUT2D eigenvalue weighted by Gasteiger charge is -2.23. The van der Waals surface area contributed by atoms with Gasteiger partial charge in [-0.05, 0) is 106 Å². The molecule has 10 aromatic rings. The second-order valence-electron chi connectivity index (χ2n) is 13.5. The van der Waals surface area contributed by atoms with Crippen molar-refractivity contribution in [3.63, 3.8) is 0 Å². The molecule has 266 valence electrons. The van der Waals surface area contributed by atoms with Gasteiger partial charge in [0.25, 0.3) is 0 Å². The van der Waals surface area contributed by atoms with E-state index in [1.54, 1.807) is 22.7 Å². The SMILES string of the molecule is c1ccc(-c2ccc3nc(N(c4ccccc4)c4ccc(-c5ccc(N(c6ccccc6)c6nc7ccc(-c8ccccc8)cc7s6)cc5)cc4)sc3c2)cc1. The smallest absolute Gasteiger partial charge is 0.195 e. The molecule has 0 aliphatic carbocycles. The molecule has 0 saturated carbocycles. The minimum absolute atomic E-state index is 0.931. The highest BCUT2D eigenvalue weighted by atomic mass is 32.1. The Morgan fingerprint density at radius 3 is 0.964 bits per heavy atom. The fourth-order valence-corrected chi connectivity index (χ4v) is 9.23. The molecule has 0 fully saturated rings. The summed E-state index contributed by atoms with van der Waals surface area (Å²) in [6.45, 7) is 0. The molecule has 4 nitrogen and oxygen atoms in total. The average molecular weight is 755 g/mol. The zero-order valence-corrected chi connectivity index (χ0v) is 31.9. The van der Waals surface area contributed by atoms with Gasteiger partial charge in [-0.25, -0.2) is 9.97 Å². The molecular formula is C50H34N4S2. The van der Waals surface area contributed by atoms with E-state index in [0.717, 1.165) is 64.6 Å². The minimum atomic E-state index is 0.931. The highest BCUT2D eigenvalue weighted by Gasteiger charge is 2.19. The first-order chi connectivity index (χ1) is 27.7. The van der Waals surface area contributed by atoms with E-state index >= 15 is 0 Å². The lowest BCUT2D eigenvalue weighted by atomic mass is 10.0. The van der Waals surface area contributed by atoms with E-state index < -0.39 is 0 Å². The van der Waals surface area contributed by atoms with Crippen molar-refractivity contribution >= 4 is 76.1 Å². The molecular weight excluding hydrogens is 721 g/mol. The van der Waals surface area contributed by atoms with Crippen LogP contribution in [0, 0.1) is 0 Å². The molecule has 0 unspecified atom stereocenters. The summed E-state index contributed by atoms with van der Waals surface area (Å²) in [6.07, 6.45) is 0. The number of hydrogen-bond donors (Lipinski definition) is 0. The first kappa shape index (κ1) is 33.7. The van der Waals surface area contributed by atoms with Gasteiger partial charge < -0.3 is 0 Å². The van der Waals surface area contributed by atoms with Gasteiger partial charge in [0.1, 0.15) is 0 Å². The monoisotopic (exact) mass is 754 g/mol. The van der Waals surface area contributed by atoms with Crippen LogP contribution in [0.15, 0.2) is 206 Å². The van der Waals surface area contributed by atoms with Gasteiger partial charge in [-0.15, -0.1) is 0 Å². The largest absolute Gasteiger partial charge is 0.286 e. The lowest BCUT2D eigenvalue weighted by Crippen LogP contribution is -2.09. The van der Waals surface area contributed by atoms with Gasteiger partial charge in [-0.1, -0.05) is 156 Å². The Morgan fingerprint density at radius 1 is 0.286 bits per heavy atom. The number of benzene rings is 8. The second-order valence-corrected chi connectivity index (χ2v) is 15.5. The summed E-state index contributed by atoms with van der Waals surface area (Å²) < 4.78 is 2.32. The predicted octanol–water partition coefficient (Wildman–Crippen LogP) is 14.8. The maximum atomic E-state index is 5.12. The number of aromatic nitrogens is 2. The molecule has 2 heterocycles. The molecule has 6 heteroatoms. The molecule has 0 amide bonds. The topological polar surface area (TPSA) is 32.3 Å². The molecule has 0 aliphatic heterocycles. The zero-order chi connectivity index (χ0) is 37.3. The van der Waals surface area contributed by atoms with Crippen molar-refractivity contribution in [1.29, 1.82) is 0 Å². The number of anilines is 6. The molecule has 0 aliphatic rings. The number of para-hydroxylation sites is 2. The van der Waals surface area contributed by atoms with E-state index in [1.807, 2.05) is 0 Å². The first-order valence-corrected chi connectivity index (χ1v) is 20.2. The highest BCUT2D eigenvalue weighted by Crippen LogP contribution is 2.43. The normalized spacial score (nSPS) is 11.2. The summed E-state index contributed by atoms with van der Waals surface area (Å²) in [7, 11) is 0. The van der Waals surface area contributed by atoms with Crippen LogP contribution < -0.4 is 9.80 Å². The number of hydrogen-bond acceptors (Lipinski definition) is 6. The first-order valence-electron chi connectivity index (χ1n) is 18.6. The number of nitrogens with zero attached hydrogens (tertiary/aromatic N) is 4. The van der Waals surface area contributed by atoms with E-state index in [4.69, 9.17) is 9.97 Å². The van der Waals surface area contributed by atoms with Crippen LogP contribution in [0.1, 0.15) is 0 Å². The van der Waals surface area contributed by atoms with Gasteiger partial charge in [-0.2, -0.15) is 0 Å². The molecule has 10 rings (SSSR count). The van der Waals surface area contributed by atoms with Gasteiger partial charge in [-0.3, -0.25) is 9.80 Å². The second kappa shape index (κ2) is 14.8. The Kier molecular flexibility index (Phi) is 8.88. The van der Waals surface area contributed by atoms with Crippen LogP contribution in [-0.2, 0) is 0 Å². The Morgan fingerprint density at radius 2 is 0.589 bits per heavy atom. The average Bonchev–Trinajstić information content (AvgIpc) is 3.89. The van der Waals surface area contributed by atoms with Crippen LogP contribution in [0.2, 0.25) is 0 Å². The third-order valence-electron chi connectivity index (χ3n) is 9.96. The van der Waals surface area contributed by atoms with Gasteiger partial charge in [0.2, 0.25) is 0 Å². The van der Waals surface area contributed by atoms with Gasteiger partial charge in [0, 0.05) is 22.7 Å². The van der Waals surface area contributed by atoms with E-state index in [9.17, 15) is 0 Å². The van der Waals surface area contributed by atoms with Crippen LogP contribution >= 0.6 is 22.7 Å². The quantitative estimate of drug-likeness (QED) is 0.147. The zero-order valence-electron chi connectivity index (χ0n) is 30.2. The van der Waals surface area contributed by atoms with Crippen LogP contribution in [0.3, 0.4) is 0 Å². The maximum Gasteiger partial charge on any atom is 0.195 e. The summed E-state index contributed by atoms with van der Waals surface area (Å²) in [4.78, 5) is 14.7. The van der Waals surface area contributed by atoms with Crippen LogP contribution in [-0.4, -0.2) is 9.97 Å². The number of thiazole rings is 2. The molecule has 0 saturated heterocycles. The standard InChI is InChI=1S/C50H34N4S2/c1-5-13-35(14-6-1)39-25-31-45-47(33-39)55-49(51-45)53(41-17-9-3-10-18-41)43-27-21-37(22-28-43)38-23-29-44(30-24-38)54(42-19-11-4-12-20-42)50-52-46-32-26-40(34-48(46)56-50)36-15-7-2-8-16-36/h1-34H. The Labute approximate surface area is 333 Å². The number of rotatable bonds is 9. The molecule has 8 aromatic carbocycles. The Hall–Kier alpha value is -6.86. The fraction of sp³-hybridized carbons (Fsp3) is 0. The van der Waals surface area contributed by atoms with Crippen molar-refractivity contribution in [2.75, 3.05) is 9.80 Å². The van der Waals surface area contributed by atoms with Crippen molar-refractivity contribution in [3.05, 3.63) is 206 Å². The van der Waals surface area contributed by atoms with Crippen LogP contribution in [0.5, 0.6) is 0 Å².